The number of hydrogen-bond donors (Lipinski definition) is 2. The monoisotopic (exact) mass is 340 g/mol. The van der Waals surface area contributed by atoms with E-state index >= 15 is 0 Å². The smallest absolute Gasteiger partial charge is 0.129 e. The molecule has 0 radical (unpaired) electrons. The van der Waals surface area contributed by atoms with E-state index in [4.69, 9.17) is 5.84 Å². The van der Waals surface area contributed by atoms with Crippen LogP contribution in [0.4, 0.5) is 8.78 Å². The van der Waals surface area contributed by atoms with Gasteiger partial charge < -0.3 is 0 Å². The van der Waals surface area contributed by atoms with E-state index in [1.165, 1.54) is 18.2 Å². The first-order valence-corrected chi connectivity index (χ1v) is 6.96. The van der Waals surface area contributed by atoms with Crippen molar-refractivity contribution in [2.24, 2.45) is 5.84 Å². The van der Waals surface area contributed by atoms with Gasteiger partial charge in [-0.2, -0.15) is 0 Å². The Bertz CT molecular complexity index is 617. The third kappa shape index (κ3) is 3.42. The lowest BCUT2D eigenvalue weighted by Crippen LogP contribution is -2.30. The summed E-state index contributed by atoms with van der Waals surface area (Å²) in [7, 11) is 0. The van der Waals surface area contributed by atoms with Gasteiger partial charge in [0.05, 0.1) is 6.04 Å². The number of hydrazine groups is 1. The van der Waals surface area contributed by atoms with Crippen LogP contribution in [0.3, 0.4) is 0 Å². The number of aryl methyl sites for hydroxylation is 1. The number of rotatable bonds is 4. The third-order valence-electron chi connectivity index (χ3n) is 3.27. The molecular formula is C15H15BrF2N2. The maximum Gasteiger partial charge on any atom is 0.129 e. The summed E-state index contributed by atoms with van der Waals surface area (Å²) < 4.78 is 27.9. The molecule has 20 heavy (non-hydrogen) atoms. The Labute approximate surface area is 125 Å². The van der Waals surface area contributed by atoms with Gasteiger partial charge in [-0.15, -0.1) is 0 Å². The normalized spacial score (nSPS) is 12.4. The van der Waals surface area contributed by atoms with Gasteiger partial charge in [0.2, 0.25) is 0 Å². The summed E-state index contributed by atoms with van der Waals surface area (Å²) in [4.78, 5) is 0. The van der Waals surface area contributed by atoms with E-state index in [9.17, 15) is 8.78 Å². The van der Waals surface area contributed by atoms with Gasteiger partial charge in [0.25, 0.3) is 0 Å². The van der Waals surface area contributed by atoms with Gasteiger partial charge in [-0.25, -0.2) is 8.78 Å². The Kier molecular flexibility index (Phi) is 4.86. The van der Waals surface area contributed by atoms with E-state index in [1.54, 1.807) is 18.2 Å². The number of hydrogen-bond acceptors (Lipinski definition) is 2. The Morgan fingerprint density at radius 3 is 2.60 bits per heavy atom. The second-order valence-corrected chi connectivity index (χ2v) is 5.58. The number of nitrogens with two attached hydrogens (primary N) is 1. The molecule has 0 amide bonds. The minimum Gasteiger partial charge on any atom is -0.271 e. The molecule has 5 heteroatoms. The molecule has 0 aliphatic heterocycles. The fraction of sp³-hybridized carbons (Fsp3) is 0.200. The predicted octanol–water partition coefficient (Wildman–Crippen LogP) is 3.78. The maximum atomic E-state index is 14.0. The van der Waals surface area contributed by atoms with Crippen LogP contribution in [0.15, 0.2) is 40.9 Å². The van der Waals surface area contributed by atoms with Gasteiger partial charge in [0, 0.05) is 10.0 Å². The van der Waals surface area contributed by atoms with Crippen molar-refractivity contribution in [2.45, 2.75) is 19.4 Å². The first kappa shape index (κ1) is 15.1. The van der Waals surface area contributed by atoms with Crippen LogP contribution in [-0.2, 0) is 6.42 Å². The van der Waals surface area contributed by atoms with Crippen LogP contribution in [-0.4, -0.2) is 0 Å². The lowest BCUT2D eigenvalue weighted by atomic mass is 9.96. The van der Waals surface area contributed by atoms with Crippen molar-refractivity contribution in [3.05, 3.63) is 69.2 Å². The lowest BCUT2D eigenvalue weighted by Gasteiger charge is -2.18. The van der Waals surface area contributed by atoms with E-state index in [0.717, 1.165) is 11.1 Å². The Hall–Kier alpha value is -1.30. The molecule has 1 unspecified atom stereocenters. The molecule has 0 heterocycles. The Morgan fingerprint density at radius 2 is 1.95 bits per heavy atom. The summed E-state index contributed by atoms with van der Waals surface area (Å²) in [6.45, 7) is 1.89. The zero-order valence-corrected chi connectivity index (χ0v) is 12.5. The number of halogens is 3. The standard InChI is InChI=1S/C15H15BrF2N2/c1-9-2-4-12(17)6-10(9)7-15(20-19)13-5-3-11(16)8-14(13)18/h2-6,8,15,20H,7,19H2,1H3. The summed E-state index contributed by atoms with van der Waals surface area (Å²) in [5.74, 6) is 4.87. The summed E-state index contributed by atoms with van der Waals surface area (Å²) in [5, 5.41) is 0. The molecule has 0 spiro atoms. The van der Waals surface area contributed by atoms with Gasteiger partial charge in [-0.3, -0.25) is 11.3 Å². The highest BCUT2D eigenvalue weighted by Crippen LogP contribution is 2.25. The van der Waals surface area contributed by atoms with Crippen LogP contribution in [0, 0.1) is 18.6 Å². The number of nitrogens with one attached hydrogen (secondary N) is 1. The topological polar surface area (TPSA) is 38.0 Å². The van der Waals surface area contributed by atoms with Crippen LogP contribution in [0.1, 0.15) is 22.7 Å². The molecule has 2 aromatic rings. The highest BCUT2D eigenvalue weighted by atomic mass is 79.9. The molecule has 3 N–H and O–H groups in total. The molecule has 0 aliphatic rings. The predicted molar refractivity (Wildman–Crippen MR) is 79.0 cm³/mol. The van der Waals surface area contributed by atoms with Crippen LogP contribution in [0.25, 0.3) is 0 Å². The molecule has 2 rings (SSSR count). The first-order valence-electron chi connectivity index (χ1n) is 6.17. The van der Waals surface area contributed by atoms with Gasteiger partial charge in [0.15, 0.2) is 0 Å². The molecule has 0 saturated heterocycles. The average molecular weight is 341 g/mol. The van der Waals surface area contributed by atoms with E-state index in [-0.39, 0.29) is 11.6 Å². The van der Waals surface area contributed by atoms with Crippen molar-refractivity contribution < 1.29 is 8.78 Å². The van der Waals surface area contributed by atoms with Gasteiger partial charge in [0.1, 0.15) is 11.6 Å². The second-order valence-electron chi connectivity index (χ2n) is 4.66. The molecule has 0 bridgehead atoms. The van der Waals surface area contributed by atoms with Crippen LogP contribution in [0.5, 0.6) is 0 Å². The molecule has 2 nitrogen and oxygen atoms in total. The van der Waals surface area contributed by atoms with Gasteiger partial charge in [-0.05, 0) is 48.7 Å². The highest BCUT2D eigenvalue weighted by molar-refractivity contribution is 9.10. The first-order chi connectivity index (χ1) is 9.51. The third-order valence-corrected chi connectivity index (χ3v) is 3.77. The number of benzene rings is 2. The fourth-order valence-corrected chi connectivity index (χ4v) is 2.46. The molecule has 1 atom stereocenters. The lowest BCUT2D eigenvalue weighted by molar-refractivity contribution is 0.508. The van der Waals surface area contributed by atoms with E-state index < -0.39 is 6.04 Å². The summed E-state index contributed by atoms with van der Waals surface area (Å²) in [6, 6.07) is 8.96. The van der Waals surface area contributed by atoms with Crippen molar-refractivity contribution in [2.75, 3.05) is 0 Å². The van der Waals surface area contributed by atoms with Crippen molar-refractivity contribution in [3.63, 3.8) is 0 Å². The Morgan fingerprint density at radius 1 is 1.20 bits per heavy atom. The van der Waals surface area contributed by atoms with Crippen LogP contribution >= 0.6 is 15.9 Å². The van der Waals surface area contributed by atoms with Gasteiger partial charge >= 0.3 is 0 Å². The Balaban J connectivity index is 2.31. The van der Waals surface area contributed by atoms with Crippen molar-refractivity contribution in [3.8, 4) is 0 Å². The van der Waals surface area contributed by atoms with E-state index in [2.05, 4.69) is 21.4 Å². The molecule has 0 aromatic heterocycles. The molecule has 0 aliphatic carbocycles. The maximum absolute atomic E-state index is 14.0. The molecular weight excluding hydrogens is 326 g/mol. The van der Waals surface area contributed by atoms with Crippen LogP contribution in [0.2, 0.25) is 0 Å². The largest absolute Gasteiger partial charge is 0.271 e. The molecule has 106 valence electrons. The summed E-state index contributed by atoms with van der Waals surface area (Å²) in [5.41, 5.74) is 4.80. The molecule has 0 saturated carbocycles. The van der Waals surface area contributed by atoms with Crippen molar-refractivity contribution in [1.29, 1.82) is 0 Å². The molecule has 2 aromatic carbocycles. The quantitative estimate of drug-likeness (QED) is 0.656. The molecule has 0 fully saturated rings. The highest BCUT2D eigenvalue weighted by Gasteiger charge is 2.16. The van der Waals surface area contributed by atoms with Crippen LogP contribution < -0.4 is 11.3 Å². The summed E-state index contributed by atoms with van der Waals surface area (Å²) >= 11 is 3.21. The van der Waals surface area contributed by atoms with Gasteiger partial charge in [-0.1, -0.05) is 28.1 Å². The average Bonchev–Trinajstić information content (AvgIpc) is 2.40. The van der Waals surface area contributed by atoms with Crippen molar-refractivity contribution >= 4 is 15.9 Å². The SMILES string of the molecule is Cc1ccc(F)cc1CC(NN)c1ccc(Br)cc1F. The fourth-order valence-electron chi connectivity index (χ4n) is 2.12. The zero-order valence-electron chi connectivity index (χ0n) is 11.0. The zero-order chi connectivity index (χ0) is 14.7. The minimum atomic E-state index is -0.413. The minimum absolute atomic E-state index is 0.308. The van der Waals surface area contributed by atoms with Crippen molar-refractivity contribution in [1.82, 2.24) is 5.43 Å². The van der Waals surface area contributed by atoms with E-state index in [0.29, 0.717) is 16.5 Å². The summed E-state index contributed by atoms with van der Waals surface area (Å²) in [6.07, 6.45) is 0.415. The van der Waals surface area contributed by atoms with E-state index in [1.807, 2.05) is 6.92 Å². The second kappa shape index (κ2) is 6.43.